The predicted molar refractivity (Wildman–Crippen MR) is 65.5 cm³/mol. The molecule has 0 radical (unpaired) electrons. The Morgan fingerprint density at radius 1 is 1.44 bits per heavy atom. The first kappa shape index (κ1) is 12.7. The van der Waals surface area contributed by atoms with Crippen molar-refractivity contribution in [3.05, 3.63) is 35.4 Å². The second-order valence-corrected chi connectivity index (χ2v) is 5.19. The van der Waals surface area contributed by atoms with E-state index in [9.17, 15) is 8.42 Å². The highest BCUT2D eigenvalue weighted by Gasteiger charge is 2.04. The molecule has 0 aromatic heterocycles. The summed E-state index contributed by atoms with van der Waals surface area (Å²) in [5.41, 5.74) is 2.02. The Labute approximate surface area is 95.7 Å². The number of aliphatic hydroxyl groups excluding tert-OH is 1. The van der Waals surface area contributed by atoms with Crippen LogP contribution in [0, 0.1) is 0 Å². The molecule has 5 heteroatoms. The van der Waals surface area contributed by atoms with Gasteiger partial charge in [0.05, 0.1) is 12.9 Å². The van der Waals surface area contributed by atoms with E-state index >= 15 is 0 Å². The van der Waals surface area contributed by atoms with E-state index in [-0.39, 0.29) is 6.61 Å². The van der Waals surface area contributed by atoms with Gasteiger partial charge >= 0.3 is 0 Å². The van der Waals surface area contributed by atoms with Gasteiger partial charge in [0.15, 0.2) is 0 Å². The maximum Gasteiger partial charge on any atom is 0.229 e. The number of nitrogens with one attached hydrogen (secondary N) is 1. The van der Waals surface area contributed by atoms with E-state index < -0.39 is 10.0 Å². The molecule has 2 N–H and O–H groups in total. The van der Waals surface area contributed by atoms with Crippen LogP contribution in [0.4, 0.5) is 5.69 Å². The molecule has 0 unspecified atom stereocenters. The van der Waals surface area contributed by atoms with E-state index in [2.05, 4.69) is 4.72 Å². The molecule has 0 amide bonds. The van der Waals surface area contributed by atoms with Gasteiger partial charge < -0.3 is 5.11 Å². The van der Waals surface area contributed by atoms with Crippen LogP contribution in [0.1, 0.15) is 18.1 Å². The van der Waals surface area contributed by atoms with Crippen molar-refractivity contribution in [3.63, 3.8) is 0 Å². The highest BCUT2D eigenvalue weighted by atomic mass is 32.2. The second-order valence-electron chi connectivity index (χ2n) is 3.45. The minimum atomic E-state index is -3.28. The zero-order chi connectivity index (χ0) is 12.2. The van der Waals surface area contributed by atoms with E-state index in [1.54, 1.807) is 18.2 Å². The van der Waals surface area contributed by atoms with Gasteiger partial charge in [-0.1, -0.05) is 18.2 Å². The van der Waals surface area contributed by atoms with E-state index in [1.807, 2.05) is 19.1 Å². The number of hydrogen-bond donors (Lipinski definition) is 2. The first-order valence-electron chi connectivity index (χ1n) is 4.80. The smallest absolute Gasteiger partial charge is 0.229 e. The number of allylic oxidation sites excluding steroid dienone is 1. The minimum Gasteiger partial charge on any atom is -0.392 e. The van der Waals surface area contributed by atoms with Crippen molar-refractivity contribution < 1.29 is 13.5 Å². The summed E-state index contributed by atoms with van der Waals surface area (Å²) in [4.78, 5) is 0. The number of benzene rings is 1. The molecule has 1 aromatic rings. The topological polar surface area (TPSA) is 66.4 Å². The first-order chi connectivity index (χ1) is 7.46. The van der Waals surface area contributed by atoms with Gasteiger partial charge in [-0.25, -0.2) is 8.42 Å². The molecule has 0 atom stereocenters. The van der Waals surface area contributed by atoms with Gasteiger partial charge in [-0.3, -0.25) is 4.72 Å². The van der Waals surface area contributed by atoms with Crippen molar-refractivity contribution in [2.24, 2.45) is 0 Å². The van der Waals surface area contributed by atoms with E-state index in [4.69, 9.17) is 5.11 Å². The summed E-state index contributed by atoms with van der Waals surface area (Å²) in [6.45, 7) is 1.75. The number of sulfonamides is 1. The summed E-state index contributed by atoms with van der Waals surface area (Å²) in [5, 5.41) is 9.16. The van der Waals surface area contributed by atoms with Crippen molar-refractivity contribution in [1.82, 2.24) is 0 Å². The summed E-state index contributed by atoms with van der Waals surface area (Å²) in [7, 11) is -3.28. The zero-order valence-corrected chi connectivity index (χ0v) is 10.1. The third-order valence-electron chi connectivity index (χ3n) is 1.96. The maximum absolute atomic E-state index is 11.0. The van der Waals surface area contributed by atoms with Gasteiger partial charge in [-0.15, -0.1) is 0 Å². The molecular formula is C11H15NO3S. The fourth-order valence-electron chi connectivity index (χ4n) is 1.36. The molecular weight excluding hydrogens is 226 g/mol. The fourth-order valence-corrected chi connectivity index (χ4v) is 1.92. The lowest BCUT2D eigenvalue weighted by Crippen LogP contribution is -2.09. The summed E-state index contributed by atoms with van der Waals surface area (Å²) < 4.78 is 24.4. The average molecular weight is 241 g/mol. The van der Waals surface area contributed by atoms with Crippen LogP contribution in [0.3, 0.4) is 0 Å². The molecule has 0 saturated carbocycles. The molecule has 16 heavy (non-hydrogen) atoms. The van der Waals surface area contributed by atoms with Crippen molar-refractivity contribution in [1.29, 1.82) is 0 Å². The van der Waals surface area contributed by atoms with Crippen LogP contribution in [0.15, 0.2) is 24.3 Å². The number of aliphatic hydroxyl groups is 1. The summed E-state index contributed by atoms with van der Waals surface area (Å²) >= 11 is 0. The normalized spacial score (nSPS) is 11.9. The molecule has 0 saturated heterocycles. The Bertz CT molecular complexity index is 492. The molecule has 4 nitrogen and oxygen atoms in total. The van der Waals surface area contributed by atoms with Crippen LogP contribution in [0.2, 0.25) is 0 Å². The summed E-state index contributed by atoms with van der Waals surface area (Å²) in [5.74, 6) is 0. The second kappa shape index (κ2) is 5.14. The van der Waals surface area contributed by atoms with Gasteiger partial charge in [-0.05, 0) is 30.2 Å². The van der Waals surface area contributed by atoms with Crippen LogP contribution < -0.4 is 4.72 Å². The van der Waals surface area contributed by atoms with Crippen LogP contribution in [0.25, 0.3) is 6.08 Å². The SMILES string of the molecule is C/C=C/c1ccc(NS(C)(=O)=O)cc1CO. The van der Waals surface area contributed by atoms with E-state index in [0.29, 0.717) is 11.3 Å². The molecule has 0 aliphatic rings. The molecule has 1 aromatic carbocycles. The molecule has 0 aliphatic carbocycles. The fraction of sp³-hybridized carbons (Fsp3) is 0.273. The van der Waals surface area contributed by atoms with Crippen LogP contribution in [0.5, 0.6) is 0 Å². The Kier molecular flexibility index (Phi) is 4.09. The van der Waals surface area contributed by atoms with Gasteiger partial charge in [0.25, 0.3) is 0 Å². The van der Waals surface area contributed by atoms with Gasteiger partial charge in [0, 0.05) is 5.69 Å². The molecule has 0 spiro atoms. The summed E-state index contributed by atoms with van der Waals surface area (Å²) in [6, 6.07) is 5.05. The average Bonchev–Trinajstić information content (AvgIpc) is 2.18. The summed E-state index contributed by atoms with van der Waals surface area (Å²) in [6.07, 6.45) is 4.80. The third-order valence-corrected chi connectivity index (χ3v) is 2.57. The van der Waals surface area contributed by atoms with E-state index in [1.165, 1.54) is 0 Å². The van der Waals surface area contributed by atoms with Crippen molar-refractivity contribution in [2.45, 2.75) is 13.5 Å². The number of hydrogen-bond acceptors (Lipinski definition) is 3. The Morgan fingerprint density at radius 3 is 2.62 bits per heavy atom. The van der Waals surface area contributed by atoms with Crippen LogP contribution in [-0.2, 0) is 16.6 Å². The number of anilines is 1. The third kappa shape index (κ3) is 3.67. The quantitative estimate of drug-likeness (QED) is 0.841. The van der Waals surface area contributed by atoms with Crippen molar-refractivity contribution >= 4 is 21.8 Å². The molecule has 0 heterocycles. The molecule has 88 valence electrons. The monoisotopic (exact) mass is 241 g/mol. The van der Waals surface area contributed by atoms with Crippen LogP contribution >= 0.6 is 0 Å². The van der Waals surface area contributed by atoms with Crippen molar-refractivity contribution in [2.75, 3.05) is 11.0 Å². The molecule has 1 rings (SSSR count). The zero-order valence-electron chi connectivity index (χ0n) is 9.27. The largest absolute Gasteiger partial charge is 0.392 e. The van der Waals surface area contributed by atoms with Crippen LogP contribution in [-0.4, -0.2) is 19.8 Å². The molecule has 0 bridgehead atoms. The highest BCUT2D eigenvalue weighted by Crippen LogP contribution is 2.18. The predicted octanol–water partition coefficient (Wildman–Crippen LogP) is 1.58. The lowest BCUT2D eigenvalue weighted by molar-refractivity contribution is 0.281. The maximum atomic E-state index is 11.0. The van der Waals surface area contributed by atoms with Gasteiger partial charge in [-0.2, -0.15) is 0 Å². The van der Waals surface area contributed by atoms with Gasteiger partial charge in [0.2, 0.25) is 10.0 Å². The highest BCUT2D eigenvalue weighted by molar-refractivity contribution is 7.92. The Balaban J connectivity index is 3.09. The Morgan fingerprint density at radius 2 is 2.12 bits per heavy atom. The van der Waals surface area contributed by atoms with E-state index in [0.717, 1.165) is 11.8 Å². The van der Waals surface area contributed by atoms with Gasteiger partial charge in [0.1, 0.15) is 0 Å². The van der Waals surface area contributed by atoms with Crippen molar-refractivity contribution in [3.8, 4) is 0 Å². The lowest BCUT2D eigenvalue weighted by atomic mass is 10.1. The number of rotatable bonds is 4. The minimum absolute atomic E-state index is 0.126. The standard InChI is InChI=1S/C11H15NO3S/c1-3-4-9-5-6-11(7-10(9)8-13)12-16(2,14)15/h3-7,12-13H,8H2,1-2H3/b4-3+. The lowest BCUT2D eigenvalue weighted by Gasteiger charge is -2.08. The molecule has 0 aliphatic heterocycles. The first-order valence-corrected chi connectivity index (χ1v) is 6.69. The Hall–Kier alpha value is -1.33. The molecule has 0 fully saturated rings.